The van der Waals surface area contributed by atoms with Crippen LogP contribution in [0.5, 0.6) is 11.5 Å². The minimum atomic E-state index is -3.75. The van der Waals surface area contributed by atoms with Crippen molar-refractivity contribution < 1.29 is 22.6 Å². The highest BCUT2D eigenvalue weighted by Gasteiger charge is 2.73. The SMILES string of the molecule is COC[C@@]1(C(N)=S)[C@H](S(=O)(=O)c2ccc(Cl)cc2)[C@@H]1c1ccc2c(c1)OCO2. The molecule has 0 saturated heterocycles. The van der Waals surface area contributed by atoms with Gasteiger partial charge in [-0.15, -0.1) is 0 Å². The van der Waals surface area contributed by atoms with E-state index in [2.05, 4.69) is 0 Å². The van der Waals surface area contributed by atoms with E-state index in [0.29, 0.717) is 16.5 Å². The largest absolute Gasteiger partial charge is 0.454 e. The van der Waals surface area contributed by atoms with E-state index in [4.69, 9.17) is 43.8 Å². The van der Waals surface area contributed by atoms with Crippen molar-refractivity contribution in [1.82, 2.24) is 0 Å². The Morgan fingerprint density at radius 3 is 2.57 bits per heavy atom. The molecule has 9 heteroatoms. The molecule has 0 amide bonds. The van der Waals surface area contributed by atoms with Gasteiger partial charge in [-0.3, -0.25) is 0 Å². The highest BCUT2D eigenvalue weighted by molar-refractivity contribution is 7.92. The molecule has 2 N–H and O–H groups in total. The number of sulfone groups is 1. The molecule has 0 aromatic heterocycles. The fourth-order valence-corrected chi connectivity index (χ4v) is 6.88. The fourth-order valence-electron chi connectivity index (χ4n) is 3.99. The quantitative estimate of drug-likeness (QED) is 0.692. The third-order valence-electron chi connectivity index (χ3n) is 5.33. The van der Waals surface area contributed by atoms with Gasteiger partial charge in [-0.1, -0.05) is 29.9 Å². The molecule has 1 heterocycles. The van der Waals surface area contributed by atoms with E-state index in [0.717, 1.165) is 5.56 Å². The number of ether oxygens (including phenoxy) is 3. The summed E-state index contributed by atoms with van der Waals surface area (Å²) in [6, 6.07) is 11.4. The fraction of sp³-hybridized carbons (Fsp3) is 0.316. The third-order valence-corrected chi connectivity index (χ3v) is 8.25. The maximum atomic E-state index is 13.4. The molecule has 1 aliphatic heterocycles. The lowest BCUT2D eigenvalue weighted by molar-refractivity contribution is 0.166. The van der Waals surface area contributed by atoms with E-state index in [1.165, 1.54) is 19.2 Å². The molecule has 148 valence electrons. The van der Waals surface area contributed by atoms with Gasteiger partial charge >= 0.3 is 0 Å². The molecule has 2 aliphatic rings. The molecule has 6 nitrogen and oxygen atoms in total. The van der Waals surface area contributed by atoms with Crippen LogP contribution in [0, 0.1) is 5.41 Å². The Hall–Kier alpha value is -1.87. The van der Waals surface area contributed by atoms with E-state index in [9.17, 15) is 8.42 Å². The zero-order valence-electron chi connectivity index (χ0n) is 14.9. The van der Waals surface area contributed by atoms with Crippen molar-refractivity contribution in [2.75, 3.05) is 20.5 Å². The monoisotopic (exact) mass is 439 g/mol. The average Bonchev–Trinajstić information content (AvgIpc) is 3.13. The van der Waals surface area contributed by atoms with Crippen molar-refractivity contribution in [3.63, 3.8) is 0 Å². The van der Waals surface area contributed by atoms with Gasteiger partial charge < -0.3 is 19.9 Å². The van der Waals surface area contributed by atoms with E-state index in [1.54, 1.807) is 24.3 Å². The van der Waals surface area contributed by atoms with Crippen LogP contribution >= 0.6 is 23.8 Å². The number of fused-ring (bicyclic) bond motifs is 1. The molecule has 0 unspecified atom stereocenters. The van der Waals surface area contributed by atoms with Crippen LogP contribution in [-0.4, -0.2) is 39.2 Å². The predicted molar refractivity (Wildman–Crippen MR) is 109 cm³/mol. The summed E-state index contributed by atoms with van der Waals surface area (Å²) in [4.78, 5) is 0.279. The number of halogens is 1. The molecule has 1 saturated carbocycles. The standard InChI is InChI=1S/C19H18ClNO5S2/c1-24-9-19(18(21)27)16(11-2-7-14-15(8-11)26-10-25-14)17(19)28(22,23)13-5-3-12(20)4-6-13/h2-8,16-17H,9-10H2,1H3,(H2,21,27)/t16-,17+,19-/m0/s1. The van der Waals surface area contributed by atoms with Gasteiger partial charge in [-0.2, -0.15) is 0 Å². The van der Waals surface area contributed by atoms with Gasteiger partial charge in [0.1, 0.15) is 0 Å². The van der Waals surface area contributed by atoms with Gasteiger partial charge in [-0.25, -0.2) is 8.42 Å². The Morgan fingerprint density at radius 1 is 1.25 bits per heavy atom. The summed E-state index contributed by atoms with van der Waals surface area (Å²) in [5.41, 5.74) is 5.82. The first-order valence-corrected chi connectivity index (χ1v) is 10.8. The minimum Gasteiger partial charge on any atom is -0.454 e. The van der Waals surface area contributed by atoms with Crippen molar-refractivity contribution in [3.05, 3.63) is 53.1 Å². The van der Waals surface area contributed by atoms with Gasteiger partial charge in [-0.05, 0) is 42.0 Å². The molecule has 0 radical (unpaired) electrons. The molecular formula is C19H18ClNO5S2. The van der Waals surface area contributed by atoms with Crippen LogP contribution < -0.4 is 15.2 Å². The number of hydrogen-bond donors (Lipinski definition) is 1. The van der Waals surface area contributed by atoms with E-state index in [-0.39, 0.29) is 23.3 Å². The van der Waals surface area contributed by atoms with Crippen molar-refractivity contribution in [2.24, 2.45) is 11.1 Å². The average molecular weight is 440 g/mol. The molecule has 0 bridgehead atoms. The molecule has 3 atom stereocenters. The number of hydrogen-bond acceptors (Lipinski definition) is 6. The van der Waals surface area contributed by atoms with E-state index >= 15 is 0 Å². The van der Waals surface area contributed by atoms with Crippen molar-refractivity contribution >= 4 is 38.6 Å². The number of nitrogens with two attached hydrogens (primary N) is 1. The molecule has 1 fully saturated rings. The third kappa shape index (κ3) is 2.86. The zero-order chi connectivity index (χ0) is 20.1. The topological polar surface area (TPSA) is 87.9 Å². The lowest BCUT2D eigenvalue weighted by Crippen LogP contribution is -2.33. The highest BCUT2D eigenvalue weighted by Crippen LogP contribution is 2.65. The molecule has 2 aromatic carbocycles. The summed E-state index contributed by atoms with van der Waals surface area (Å²) in [5.74, 6) is 0.732. The Morgan fingerprint density at radius 2 is 1.93 bits per heavy atom. The van der Waals surface area contributed by atoms with E-state index < -0.39 is 26.4 Å². The van der Waals surface area contributed by atoms with Crippen molar-refractivity contribution in [2.45, 2.75) is 16.1 Å². The Balaban J connectivity index is 1.81. The Kier molecular flexibility index (Phi) is 4.78. The smallest absolute Gasteiger partial charge is 0.231 e. The maximum Gasteiger partial charge on any atom is 0.231 e. The summed E-state index contributed by atoms with van der Waals surface area (Å²) >= 11 is 11.2. The molecule has 0 spiro atoms. The van der Waals surface area contributed by atoms with Crippen LogP contribution in [0.4, 0.5) is 0 Å². The summed E-state index contributed by atoms with van der Waals surface area (Å²) in [5, 5.41) is -0.390. The number of rotatable bonds is 6. The molecule has 4 rings (SSSR count). The zero-order valence-corrected chi connectivity index (χ0v) is 17.3. The van der Waals surface area contributed by atoms with Gasteiger partial charge in [0.15, 0.2) is 21.3 Å². The van der Waals surface area contributed by atoms with Crippen LogP contribution in [-0.2, 0) is 14.6 Å². The Bertz CT molecular complexity index is 1040. The molecule has 1 aliphatic carbocycles. The second-order valence-corrected chi connectivity index (χ2v) is 9.79. The number of thiocarbonyl (C=S) groups is 1. The molecule has 28 heavy (non-hydrogen) atoms. The van der Waals surface area contributed by atoms with Gasteiger partial charge in [0.05, 0.1) is 27.2 Å². The number of benzene rings is 2. The summed E-state index contributed by atoms with van der Waals surface area (Å²) in [6.07, 6.45) is 0. The second kappa shape index (κ2) is 6.88. The van der Waals surface area contributed by atoms with E-state index in [1.807, 2.05) is 6.07 Å². The first kappa shape index (κ1) is 19.4. The number of methoxy groups -OCH3 is 1. The summed E-state index contributed by atoms with van der Waals surface area (Å²) < 4.78 is 43.0. The van der Waals surface area contributed by atoms with Crippen LogP contribution in [0.25, 0.3) is 0 Å². The van der Waals surface area contributed by atoms with Gasteiger partial charge in [0.2, 0.25) is 6.79 Å². The van der Waals surface area contributed by atoms with Crippen molar-refractivity contribution in [3.8, 4) is 11.5 Å². The first-order valence-electron chi connectivity index (χ1n) is 8.50. The van der Waals surface area contributed by atoms with Crippen LogP contribution in [0.1, 0.15) is 11.5 Å². The summed E-state index contributed by atoms with van der Waals surface area (Å²) in [7, 11) is -2.25. The highest BCUT2D eigenvalue weighted by atomic mass is 35.5. The lowest BCUT2D eigenvalue weighted by atomic mass is 9.99. The van der Waals surface area contributed by atoms with Crippen LogP contribution in [0.15, 0.2) is 47.4 Å². The van der Waals surface area contributed by atoms with Crippen LogP contribution in [0.2, 0.25) is 5.02 Å². The predicted octanol–water partition coefficient (Wildman–Crippen LogP) is 2.93. The molecule has 2 aromatic rings. The first-order chi connectivity index (χ1) is 13.3. The molecular weight excluding hydrogens is 422 g/mol. The van der Waals surface area contributed by atoms with Gasteiger partial charge in [0, 0.05) is 18.1 Å². The Labute approximate surface area is 173 Å². The van der Waals surface area contributed by atoms with Gasteiger partial charge in [0.25, 0.3) is 0 Å². The van der Waals surface area contributed by atoms with Crippen LogP contribution in [0.3, 0.4) is 0 Å². The lowest BCUT2D eigenvalue weighted by Gasteiger charge is -2.16. The second-order valence-electron chi connectivity index (χ2n) is 6.85. The summed E-state index contributed by atoms with van der Waals surface area (Å²) in [6.45, 7) is 0.230. The normalized spacial score (nSPS) is 25.5. The maximum absolute atomic E-state index is 13.4. The van der Waals surface area contributed by atoms with Crippen molar-refractivity contribution in [1.29, 1.82) is 0 Å². The minimum absolute atomic E-state index is 0.0962.